The molecule has 10 rings (SSSR count). The van der Waals surface area contributed by atoms with Gasteiger partial charge in [0.05, 0.1) is 5.41 Å². The van der Waals surface area contributed by atoms with Crippen molar-refractivity contribution in [3.8, 4) is 0 Å². The van der Waals surface area contributed by atoms with Gasteiger partial charge in [0.25, 0.3) is 0 Å². The summed E-state index contributed by atoms with van der Waals surface area (Å²) in [4.78, 5) is 61.4. The van der Waals surface area contributed by atoms with Crippen molar-refractivity contribution < 1.29 is 19.2 Å². The summed E-state index contributed by atoms with van der Waals surface area (Å²) in [6.07, 6.45) is 1.64. The van der Waals surface area contributed by atoms with E-state index < -0.39 is 41.2 Å². The van der Waals surface area contributed by atoms with E-state index in [-0.39, 0.29) is 29.7 Å². The van der Waals surface area contributed by atoms with E-state index in [1.165, 1.54) is 0 Å². The molecule has 5 heterocycles. The number of carbonyl (C=O) groups is 4. The molecule has 0 saturated carbocycles. The zero-order valence-corrected chi connectivity index (χ0v) is 27.4. The predicted octanol–water partition coefficient (Wildman–Crippen LogP) is 3.22. The Morgan fingerprint density at radius 3 is 1.74 bits per heavy atom. The second-order valence-corrected chi connectivity index (χ2v) is 14.8. The minimum atomic E-state index is -0.799. The largest absolute Gasteiger partial charge is 0.364 e. The van der Waals surface area contributed by atoms with Gasteiger partial charge in [0, 0.05) is 30.0 Å². The fraction of sp³-hybridized carbons (Fsp3) is 0.317. The molecule has 4 amide bonds. The van der Waals surface area contributed by atoms with E-state index in [0.29, 0.717) is 32.1 Å². The molecule has 0 bridgehead atoms. The summed E-state index contributed by atoms with van der Waals surface area (Å²) in [6, 6.07) is 33.0. The van der Waals surface area contributed by atoms with Gasteiger partial charge in [-0.1, -0.05) is 103 Å². The van der Waals surface area contributed by atoms with Gasteiger partial charge in [-0.25, -0.2) is 0 Å². The van der Waals surface area contributed by atoms with E-state index in [1.807, 2.05) is 101 Å². The second-order valence-electron chi connectivity index (χ2n) is 14.8. The number of piperazine rings is 2. The van der Waals surface area contributed by atoms with Crippen molar-refractivity contribution >= 4 is 29.3 Å². The zero-order valence-electron chi connectivity index (χ0n) is 27.4. The van der Waals surface area contributed by atoms with Crippen LogP contribution in [-0.2, 0) is 49.3 Å². The summed E-state index contributed by atoms with van der Waals surface area (Å²) < 4.78 is 0. The van der Waals surface area contributed by atoms with Crippen molar-refractivity contribution in [2.24, 2.45) is 0 Å². The number of para-hydroxylation sites is 1. The van der Waals surface area contributed by atoms with E-state index in [0.717, 1.165) is 33.5 Å². The molecule has 8 atom stereocenters. The molecule has 4 fully saturated rings. The summed E-state index contributed by atoms with van der Waals surface area (Å²) in [5.74, 6) is -0.489. The molecule has 0 spiro atoms. The van der Waals surface area contributed by atoms with E-state index in [2.05, 4.69) is 34.1 Å². The number of amides is 4. The lowest BCUT2D eigenvalue weighted by molar-refractivity contribution is -0.149. The third-order valence-corrected chi connectivity index (χ3v) is 12.7. The molecule has 4 saturated heterocycles. The number of carbonyl (C=O) groups excluding carboxylic acids is 4. The van der Waals surface area contributed by atoms with Crippen LogP contribution < -0.4 is 16.0 Å². The van der Waals surface area contributed by atoms with E-state index in [1.54, 1.807) is 0 Å². The van der Waals surface area contributed by atoms with Gasteiger partial charge in [0.2, 0.25) is 23.6 Å². The summed E-state index contributed by atoms with van der Waals surface area (Å²) in [5.41, 5.74) is 4.63. The van der Waals surface area contributed by atoms with Gasteiger partial charge >= 0.3 is 0 Å². The van der Waals surface area contributed by atoms with E-state index >= 15 is 0 Å². The third-order valence-electron chi connectivity index (χ3n) is 12.7. The molecule has 0 aromatic heterocycles. The van der Waals surface area contributed by atoms with Crippen LogP contribution in [0.2, 0.25) is 0 Å². The number of benzene rings is 4. The first-order valence-electron chi connectivity index (χ1n) is 17.7. The lowest BCUT2D eigenvalue weighted by Crippen LogP contribution is -2.66. The fourth-order valence-corrected chi connectivity index (χ4v) is 10.8. The topological polar surface area (TPSA) is 111 Å². The van der Waals surface area contributed by atoms with Crippen molar-refractivity contribution in [2.45, 2.75) is 79.3 Å². The molecule has 0 radical (unpaired) electrons. The summed E-state index contributed by atoms with van der Waals surface area (Å²) in [7, 11) is 0. The van der Waals surface area contributed by atoms with Gasteiger partial charge in [-0.05, 0) is 53.1 Å². The van der Waals surface area contributed by atoms with Crippen molar-refractivity contribution in [2.75, 3.05) is 5.32 Å². The summed E-state index contributed by atoms with van der Waals surface area (Å²) >= 11 is 0. The Labute approximate surface area is 290 Å². The number of anilines is 1. The Bertz CT molecular complexity index is 1940. The Hall–Kier alpha value is -5.44. The van der Waals surface area contributed by atoms with Gasteiger partial charge in [0.1, 0.15) is 30.3 Å². The first-order valence-corrected chi connectivity index (χ1v) is 17.7. The highest BCUT2D eigenvalue weighted by Gasteiger charge is 2.77. The molecule has 50 heavy (non-hydrogen) atoms. The van der Waals surface area contributed by atoms with E-state index in [9.17, 15) is 19.2 Å². The van der Waals surface area contributed by atoms with Crippen molar-refractivity contribution in [3.05, 3.63) is 137 Å². The van der Waals surface area contributed by atoms with Gasteiger partial charge in [0.15, 0.2) is 0 Å². The van der Waals surface area contributed by atoms with Crippen LogP contribution in [-0.4, -0.2) is 69.8 Å². The monoisotopic (exact) mass is 663 g/mol. The smallest absolute Gasteiger partial charge is 0.247 e. The average Bonchev–Trinajstić information content (AvgIpc) is 3.85. The maximum Gasteiger partial charge on any atom is 0.247 e. The van der Waals surface area contributed by atoms with Crippen LogP contribution in [0.25, 0.3) is 0 Å². The first kappa shape index (κ1) is 29.5. The van der Waals surface area contributed by atoms with Crippen LogP contribution in [0.3, 0.4) is 0 Å². The lowest BCUT2D eigenvalue weighted by Gasteiger charge is -2.49. The van der Waals surface area contributed by atoms with Crippen molar-refractivity contribution in [3.63, 3.8) is 0 Å². The SMILES string of the molecule is O=C1N[C@@H](Cc2ccccc2)C(=O)N2[C@H]3Cc4ccccc4[C@@]3([C@]34C[C@H]5C(=O)N[C@@H](Cc6ccccc6)C(=O)N5[C@H]3Nc3ccccc34)C[C@@H]12. The number of hydrogen-bond donors (Lipinski definition) is 3. The van der Waals surface area contributed by atoms with Gasteiger partial charge in [-0.3, -0.25) is 19.2 Å². The number of nitrogens with zero attached hydrogens (tertiary/aromatic N) is 2. The quantitative estimate of drug-likeness (QED) is 0.304. The highest BCUT2D eigenvalue weighted by atomic mass is 16.2. The number of nitrogens with one attached hydrogen (secondary N) is 3. The molecular formula is C41H37N5O4. The minimum Gasteiger partial charge on any atom is -0.364 e. The van der Waals surface area contributed by atoms with Crippen LogP contribution >= 0.6 is 0 Å². The lowest BCUT2D eigenvalue weighted by atomic mass is 9.53. The Kier molecular flexibility index (Phi) is 6.21. The zero-order chi connectivity index (χ0) is 33.8. The fourth-order valence-electron chi connectivity index (χ4n) is 10.8. The molecule has 9 heteroatoms. The Morgan fingerprint density at radius 2 is 1.08 bits per heavy atom. The highest BCUT2D eigenvalue weighted by Crippen LogP contribution is 2.68. The summed E-state index contributed by atoms with van der Waals surface area (Å²) in [6.45, 7) is 0. The van der Waals surface area contributed by atoms with Crippen LogP contribution in [0.5, 0.6) is 0 Å². The predicted molar refractivity (Wildman–Crippen MR) is 186 cm³/mol. The molecule has 4 aromatic rings. The molecule has 4 aromatic carbocycles. The van der Waals surface area contributed by atoms with Crippen LogP contribution in [0.15, 0.2) is 109 Å². The Balaban J connectivity index is 1.13. The van der Waals surface area contributed by atoms with E-state index in [4.69, 9.17) is 0 Å². The van der Waals surface area contributed by atoms with Crippen molar-refractivity contribution in [1.29, 1.82) is 0 Å². The number of fused-ring (bicyclic) bond motifs is 11. The molecular weight excluding hydrogens is 626 g/mol. The minimum absolute atomic E-state index is 0.0715. The van der Waals surface area contributed by atoms with Crippen LogP contribution in [0, 0.1) is 0 Å². The van der Waals surface area contributed by atoms with Gasteiger partial charge in [-0.2, -0.15) is 0 Å². The van der Waals surface area contributed by atoms with Crippen LogP contribution in [0.1, 0.15) is 40.7 Å². The molecule has 3 N–H and O–H groups in total. The van der Waals surface area contributed by atoms with Crippen molar-refractivity contribution in [1.82, 2.24) is 20.4 Å². The average molecular weight is 664 g/mol. The molecule has 5 aliphatic heterocycles. The standard InChI is InChI=1S/C41H37N5O4/c47-35-32-22-40(27-16-8-7-15-26(27)21-34(40)45(32)37(49)30(42-35)19-24-11-3-1-4-12-24)41-23-33-36(48)43-31(20-25-13-5-2-6-14-25)38(50)46(33)39(41)44-29-18-10-9-17-28(29)41/h1-18,30-34,39,44H,19-23H2,(H,42,47)(H,43,48)/t30-,31-,32-,33-,34-,39+,40-,41-/m0/s1. The van der Waals surface area contributed by atoms with Gasteiger partial charge < -0.3 is 25.8 Å². The molecule has 1 aliphatic carbocycles. The highest BCUT2D eigenvalue weighted by molar-refractivity contribution is 6.01. The maximum atomic E-state index is 14.7. The number of rotatable bonds is 5. The summed E-state index contributed by atoms with van der Waals surface area (Å²) in [5, 5.41) is 9.95. The Morgan fingerprint density at radius 1 is 0.560 bits per heavy atom. The number of hydrogen-bond acceptors (Lipinski definition) is 5. The normalized spacial score (nSPS) is 33.0. The second kappa shape index (κ2) is 10.5. The molecule has 9 nitrogen and oxygen atoms in total. The maximum absolute atomic E-state index is 14.7. The van der Waals surface area contributed by atoms with Gasteiger partial charge in [-0.15, -0.1) is 0 Å². The molecule has 0 unspecified atom stereocenters. The molecule has 250 valence electrons. The third kappa shape index (κ3) is 3.77. The first-order chi connectivity index (χ1) is 24.4. The molecule has 6 aliphatic rings. The van der Waals surface area contributed by atoms with Crippen LogP contribution in [0.4, 0.5) is 5.69 Å².